The summed E-state index contributed by atoms with van der Waals surface area (Å²) in [5, 5.41) is 8.72. The summed E-state index contributed by atoms with van der Waals surface area (Å²) >= 11 is 7.50. The molecule has 3 nitrogen and oxygen atoms in total. The lowest BCUT2D eigenvalue weighted by molar-refractivity contribution is 0.103. The fourth-order valence-electron chi connectivity index (χ4n) is 2.32. The summed E-state index contributed by atoms with van der Waals surface area (Å²) in [7, 11) is 0. The second-order valence-electron chi connectivity index (χ2n) is 4.92. The molecular formula is C15H15ClN2OS. The van der Waals surface area contributed by atoms with Crippen LogP contribution >= 0.6 is 22.9 Å². The summed E-state index contributed by atoms with van der Waals surface area (Å²) in [5.74, 6) is -0.142. The first-order valence-corrected chi connectivity index (χ1v) is 7.82. The Labute approximate surface area is 127 Å². The summed E-state index contributed by atoms with van der Waals surface area (Å²) in [6, 6.07) is 5.97. The van der Waals surface area contributed by atoms with Gasteiger partial charge in [-0.05, 0) is 54.5 Å². The van der Waals surface area contributed by atoms with E-state index < -0.39 is 0 Å². The normalized spacial score (nSPS) is 13.5. The molecule has 104 valence electrons. The molecule has 2 aromatic rings. The van der Waals surface area contributed by atoms with Crippen molar-refractivity contribution in [2.45, 2.75) is 19.8 Å². The van der Waals surface area contributed by atoms with Crippen molar-refractivity contribution in [2.75, 3.05) is 17.2 Å². The summed E-state index contributed by atoms with van der Waals surface area (Å²) in [6.45, 7) is 2.92. The van der Waals surface area contributed by atoms with E-state index >= 15 is 0 Å². The fraction of sp³-hybridized carbons (Fsp3) is 0.267. The van der Waals surface area contributed by atoms with E-state index in [0.717, 1.165) is 30.6 Å². The molecule has 1 aromatic heterocycles. The summed E-state index contributed by atoms with van der Waals surface area (Å²) < 4.78 is 0. The van der Waals surface area contributed by atoms with Gasteiger partial charge in [-0.3, -0.25) is 4.79 Å². The van der Waals surface area contributed by atoms with Crippen molar-refractivity contribution in [1.29, 1.82) is 0 Å². The Morgan fingerprint density at radius 1 is 1.45 bits per heavy atom. The van der Waals surface area contributed by atoms with E-state index in [4.69, 9.17) is 11.6 Å². The van der Waals surface area contributed by atoms with Gasteiger partial charge in [0.1, 0.15) is 4.88 Å². The predicted molar refractivity (Wildman–Crippen MR) is 85.3 cm³/mol. The van der Waals surface area contributed by atoms with Crippen LogP contribution in [-0.4, -0.2) is 12.5 Å². The van der Waals surface area contributed by atoms with Crippen molar-refractivity contribution in [3.8, 4) is 0 Å². The van der Waals surface area contributed by atoms with E-state index in [1.165, 1.54) is 22.6 Å². The Balaban J connectivity index is 1.81. The van der Waals surface area contributed by atoms with E-state index in [2.05, 4.69) is 10.6 Å². The highest BCUT2D eigenvalue weighted by molar-refractivity contribution is 7.13. The van der Waals surface area contributed by atoms with Crippen LogP contribution in [0.1, 0.15) is 27.2 Å². The van der Waals surface area contributed by atoms with E-state index in [0.29, 0.717) is 9.90 Å². The first kappa shape index (κ1) is 13.5. The first-order valence-electron chi connectivity index (χ1n) is 6.57. The molecule has 2 heterocycles. The number of thiophene rings is 1. The quantitative estimate of drug-likeness (QED) is 0.867. The third-order valence-electron chi connectivity index (χ3n) is 3.41. The first-order chi connectivity index (χ1) is 9.65. The zero-order chi connectivity index (χ0) is 14.1. The smallest absolute Gasteiger partial charge is 0.267 e. The molecule has 0 aliphatic carbocycles. The second-order valence-corrected chi connectivity index (χ2v) is 6.18. The van der Waals surface area contributed by atoms with E-state index in [9.17, 15) is 4.79 Å². The Bertz CT molecular complexity index is 666. The summed E-state index contributed by atoms with van der Waals surface area (Å²) in [4.78, 5) is 12.8. The van der Waals surface area contributed by atoms with Crippen molar-refractivity contribution in [3.05, 3.63) is 44.6 Å². The molecule has 0 radical (unpaired) electrons. The van der Waals surface area contributed by atoms with Gasteiger partial charge in [0.2, 0.25) is 0 Å². The number of hydrogen-bond acceptors (Lipinski definition) is 3. The van der Waals surface area contributed by atoms with Crippen molar-refractivity contribution in [1.82, 2.24) is 0 Å². The molecule has 0 bridgehead atoms. The zero-order valence-corrected chi connectivity index (χ0v) is 12.7. The van der Waals surface area contributed by atoms with Gasteiger partial charge in [-0.25, -0.2) is 0 Å². The van der Waals surface area contributed by atoms with Crippen molar-refractivity contribution in [3.63, 3.8) is 0 Å². The Morgan fingerprint density at radius 2 is 2.30 bits per heavy atom. The maximum Gasteiger partial charge on any atom is 0.267 e. The topological polar surface area (TPSA) is 41.1 Å². The number of fused-ring (bicyclic) bond motifs is 1. The number of aryl methyl sites for hydroxylation is 2. The van der Waals surface area contributed by atoms with Gasteiger partial charge in [-0.1, -0.05) is 11.6 Å². The Kier molecular flexibility index (Phi) is 3.68. The molecule has 0 atom stereocenters. The third kappa shape index (κ3) is 2.53. The molecule has 0 saturated heterocycles. The van der Waals surface area contributed by atoms with Gasteiger partial charge in [0.15, 0.2) is 0 Å². The minimum atomic E-state index is -0.142. The van der Waals surface area contributed by atoms with Crippen LogP contribution < -0.4 is 10.6 Å². The minimum absolute atomic E-state index is 0.142. The van der Waals surface area contributed by atoms with Gasteiger partial charge < -0.3 is 10.6 Å². The lowest BCUT2D eigenvalue weighted by Crippen LogP contribution is -2.14. The lowest BCUT2D eigenvalue weighted by Gasteiger charge is -2.18. The maximum atomic E-state index is 12.2. The van der Waals surface area contributed by atoms with E-state index in [-0.39, 0.29) is 5.91 Å². The van der Waals surface area contributed by atoms with Gasteiger partial charge in [-0.2, -0.15) is 0 Å². The Morgan fingerprint density at radius 3 is 3.05 bits per heavy atom. The van der Waals surface area contributed by atoms with Gasteiger partial charge in [0, 0.05) is 17.9 Å². The fourth-order valence-corrected chi connectivity index (χ4v) is 3.50. The highest BCUT2D eigenvalue weighted by Gasteiger charge is 2.16. The van der Waals surface area contributed by atoms with Gasteiger partial charge in [0.05, 0.1) is 5.02 Å². The number of anilines is 2. The molecule has 1 aliphatic heterocycles. The molecule has 1 aromatic carbocycles. The molecule has 0 unspecified atom stereocenters. The van der Waals surface area contributed by atoms with Crippen LogP contribution in [-0.2, 0) is 6.42 Å². The van der Waals surface area contributed by atoms with Crippen molar-refractivity contribution >= 4 is 40.2 Å². The number of rotatable bonds is 2. The maximum absolute atomic E-state index is 12.2. The molecule has 0 fully saturated rings. The largest absolute Gasteiger partial charge is 0.385 e. The predicted octanol–water partition coefficient (Wildman–Crippen LogP) is 4.32. The number of halogens is 1. The van der Waals surface area contributed by atoms with Crippen LogP contribution in [0.2, 0.25) is 5.02 Å². The highest BCUT2D eigenvalue weighted by Crippen LogP contribution is 2.29. The molecule has 1 aliphatic rings. The van der Waals surface area contributed by atoms with Crippen molar-refractivity contribution < 1.29 is 4.79 Å². The van der Waals surface area contributed by atoms with Crippen LogP contribution in [0.25, 0.3) is 0 Å². The molecule has 0 spiro atoms. The summed E-state index contributed by atoms with van der Waals surface area (Å²) in [5.41, 5.74) is 4.18. The number of carbonyl (C=O) groups is 1. The van der Waals surface area contributed by atoms with Gasteiger partial charge in [-0.15, -0.1) is 11.3 Å². The standard InChI is InChI=1S/C15H15ClN2OS/c1-9-8-20-14(13(9)16)15(19)18-11-4-5-12-10(7-11)3-2-6-17-12/h4-5,7-8,17H,2-3,6H2,1H3,(H,18,19). The van der Waals surface area contributed by atoms with Crippen LogP contribution in [0.4, 0.5) is 11.4 Å². The van der Waals surface area contributed by atoms with Crippen LogP contribution in [0.3, 0.4) is 0 Å². The van der Waals surface area contributed by atoms with Gasteiger partial charge in [0.25, 0.3) is 5.91 Å². The third-order valence-corrected chi connectivity index (χ3v) is 5.10. The molecule has 5 heteroatoms. The average molecular weight is 307 g/mol. The average Bonchev–Trinajstić information content (AvgIpc) is 2.79. The lowest BCUT2D eigenvalue weighted by atomic mass is 10.0. The zero-order valence-electron chi connectivity index (χ0n) is 11.1. The monoisotopic (exact) mass is 306 g/mol. The molecule has 2 N–H and O–H groups in total. The van der Waals surface area contributed by atoms with Crippen molar-refractivity contribution in [2.24, 2.45) is 0 Å². The number of hydrogen-bond donors (Lipinski definition) is 2. The molecular weight excluding hydrogens is 292 g/mol. The molecule has 20 heavy (non-hydrogen) atoms. The van der Waals surface area contributed by atoms with Crippen LogP contribution in [0.15, 0.2) is 23.6 Å². The van der Waals surface area contributed by atoms with Gasteiger partial charge >= 0.3 is 0 Å². The summed E-state index contributed by atoms with van der Waals surface area (Å²) in [6.07, 6.45) is 2.17. The second kappa shape index (κ2) is 5.46. The number of amides is 1. The van der Waals surface area contributed by atoms with Crippen LogP contribution in [0.5, 0.6) is 0 Å². The highest BCUT2D eigenvalue weighted by atomic mass is 35.5. The molecule has 3 rings (SSSR count). The number of carbonyl (C=O) groups excluding carboxylic acids is 1. The Hall–Kier alpha value is -1.52. The van der Waals surface area contributed by atoms with Crippen LogP contribution in [0, 0.1) is 6.92 Å². The van der Waals surface area contributed by atoms with E-state index in [1.54, 1.807) is 0 Å². The SMILES string of the molecule is Cc1csc(C(=O)Nc2ccc3c(c2)CCCN3)c1Cl. The van der Waals surface area contributed by atoms with E-state index in [1.807, 2.05) is 30.5 Å². The number of nitrogens with one attached hydrogen (secondary N) is 2. The number of benzene rings is 1. The molecule has 1 amide bonds. The molecule has 0 saturated carbocycles. The minimum Gasteiger partial charge on any atom is -0.385 e.